The summed E-state index contributed by atoms with van der Waals surface area (Å²) in [5.74, 6) is 0. The zero-order valence-electron chi connectivity index (χ0n) is 13.1. The van der Waals surface area contributed by atoms with Gasteiger partial charge in [0.15, 0.2) is 0 Å². The van der Waals surface area contributed by atoms with Crippen molar-refractivity contribution in [3.8, 4) is 0 Å². The zero-order chi connectivity index (χ0) is 14.4. The summed E-state index contributed by atoms with van der Waals surface area (Å²) in [6.45, 7) is 6.62. The first-order valence-corrected chi connectivity index (χ1v) is 8.20. The molecular formula is C18H30N2. The molecule has 0 radical (unpaired) electrons. The number of rotatable bonds is 5. The van der Waals surface area contributed by atoms with Gasteiger partial charge in [-0.2, -0.15) is 0 Å². The second-order valence-corrected chi connectivity index (χ2v) is 6.47. The third-order valence-corrected chi connectivity index (χ3v) is 4.91. The summed E-state index contributed by atoms with van der Waals surface area (Å²) in [4.78, 5) is 2.72. The fourth-order valence-electron chi connectivity index (χ4n) is 3.64. The predicted molar refractivity (Wildman–Crippen MR) is 86.9 cm³/mol. The molecular weight excluding hydrogens is 244 g/mol. The van der Waals surface area contributed by atoms with Crippen LogP contribution in [0.1, 0.15) is 51.5 Å². The van der Waals surface area contributed by atoms with Crippen LogP contribution < -0.4 is 5.73 Å². The van der Waals surface area contributed by atoms with Crippen molar-refractivity contribution in [3.05, 3.63) is 35.9 Å². The molecule has 0 aromatic heterocycles. The van der Waals surface area contributed by atoms with Gasteiger partial charge in [0.25, 0.3) is 0 Å². The summed E-state index contributed by atoms with van der Waals surface area (Å²) in [5, 5.41) is 0. The van der Waals surface area contributed by atoms with Crippen molar-refractivity contribution in [3.63, 3.8) is 0 Å². The Morgan fingerprint density at radius 3 is 2.60 bits per heavy atom. The van der Waals surface area contributed by atoms with Crippen molar-refractivity contribution in [2.75, 3.05) is 13.1 Å². The molecule has 1 aliphatic heterocycles. The lowest BCUT2D eigenvalue weighted by Gasteiger charge is -2.45. The third-order valence-electron chi connectivity index (χ3n) is 4.91. The van der Waals surface area contributed by atoms with Crippen LogP contribution in [0.15, 0.2) is 30.3 Å². The van der Waals surface area contributed by atoms with Crippen LogP contribution in [0.3, 0.4) is 0 Å². The molecule has 2 rings (SSSR count). The van der Waals surface area contributed by atoms with Crippen LogP contribution in [0, 0.1) is 0 Å². The van der Waals surface area contributed by atoms with E-state index in [0.717, 1.165) is 13.0 Å². The smallest absolute Gasteiger partial charge is 0.0346 e. The van der Waals surface area contributed by atoms with Gasteiger partial charge < -0.3 is 5.73 Å². The van der Waals surface area contributed by atoms with Crippen LogP contribution in [0.2, 0.25) is 0 Å². The summed E-state index contributed by atoms with van der Waals surface area (Å²) in [6.07, 6.45) is 7.70. The molecule has 2 N–H and O–H groups in total. The molecule has 1 aliphatic rings. The summed E-state index contributed by atoms with van der Waals surface area (Å²) >= 11 is 0. The van der Waals surface area contributed by atoms with E-state index < -0.39 is 0 Å². The SMILES string of the molecule is CCC1CCCCCN1C(C)(CN)Cc1ccccc1. The molecule has 20 heavy (non-hydrogen) atoms. The topological polar surface area (TPSA) is 29.3 Å². The maximum Gasteiger partial charge on any atom is 0.0346 e. The molecule has 1 fully saturated rings. The Morgan fingerprint density at radius 2 is 1.95 bits per heavy atom. The number of nitrogens with two attached hydrogens (primary N) is 1. The summed E-state index contributed by atoms with van der Waals surface area (Å²) in [6, 6.07) is 11.5. The quantitative estimate of drug-likeness (QED) is 0.889. The average Bonchev–Trinajstić information content (AvgIpc) is 2.73. The van der Waals surface area contributed by atoms with Gasteiger partial charge in [-0.3, -0.25) is 4.90 Å². The summed E-state index contributed by atoms with van der Waals surface area (Å²) in [5.41, 5.74) is 7.70. The van der Waals surface area contributed by atoms with E-state index in [1.807, 2.05) is 0 Å². The van der Waals surface area contributed by atoms with E-state index in [1.165, 1.54) is 44.2 Å². The van der Waals surface area contributed by atoms with Crippen molar-refractivity contribution in [1.82, 2.24) is 4.90 Å². The molecule has 2 atom stereocenters. The molecule has 1 heterocycles. The molecule has 0 amide bonds. The van der Waals surface area contributed by atoms with E-state index >= 15 is 0 Å². The lowest BCUT2D eigenvalue weighted by Crippen LogP contribution is -2.57. The van der Waals surface area contributed by atoms with Crippen LogP contribution in [-0.4, -0.2) is 29.6 Å². The van der Waals surface area contributed by atoms with Gasteiger partial charge in [0.05, 0.1) is 0 Å². The Bertz CT molecular complexity index is 390. The van der Waals surface area contributed by atoms with Crippen molar-refractivity contribution in [2.24, 2.45) is 5.73 Å². The van der Waals surface area contributed by atoms with Crippen molar-refractivity contribution in [1.29, 1.82) is 0 Å². The first-order valence-electron chi connectivity index (χ1n) is 8.20. The van der Waals surface area contributed by atoms with Gasteiger partial charge in [0, 0.05) is 18.1 Å². The van der Waals surface area contributed by atoms with Gasteiger partial charge in [0.2, 0.25) is 0 Å². The van der Waals surface area contributed by atoms with Crippen LogP contribution in [0.5, 0.6) is 0 Å². The standard InChI is InChI=1S/C18H30N2/c1-3-17-12-8-5-9-13-20(17)18(2,15-19)14-16-10-6-4-7-11-16/h4,6-7,10-11,17H,3,5,8-9,12-15,19H2,1-2H3. The monoisotopic (exact) mass is 274 g/mol. The molecule has 1 aromatic rings. The van der Waals surface area contributed by atoms with E-state index in [-0.39, 0.29) is 5.54 Å². The van der Waals surface area contributed by atoms with E-state index in [1.54, 1.807) is 0 Å². The van der Waals surface area contributed by atoms with Gasteiger partial charge in [-0.25, -0.2) is 0 Å². The second-order valence-electron chi connectivity index (χ2n) is 6.47. The Hall–Kier alpha value is -0.860. The number of benzene rings is 1. The van der Waals surface area contributed by atoms with E-state index in [9.17, 15) is 0 Å². The first-order chi connectivity index (χ1) is 9.69. The lowest BCUT2D eigenvalue weighted by atomic mass is 9.88. The minimum atomic E-state index is 0.0897. The minimum absolute atomic E-state index is 0.0897. The number of hydrogen-bond acceptors (Lipinski definition) is 2. The van der Waals surface area contributed by atoms with Crippen molar-refractivity contribution < 1.29 is 0 Å². The largest absolute Gasteiger partial charge is 0.329 e. The Labute approximate surface area is 124 Å². The highest BCUT2D eigenvalue weighted by molar-refractivity contribution is 5.18. The molecule has 0 spiro atoms. The minimum Gasteiger partial charge on any atom is -0.329 e. The molecule has 1 saturated heterocycles. The van der Waals surface area contributed by atoms with Gasteiger partial charge >= 0.3 is 0 Å². The number of hydrogen-bond donors (Lipinski definition) is 1. The Kier molecular flexibility index (Phi) is 5.62. The highest BCUT2D eigenvalue weighted by atomic mass is 15.2. The summed E-state index contributed by atoms with van der Waals surface area (Å²) < 4.78 is 0. The molecule has 2 nitrogen and oxygen atoms in total. The van der Waals surface area contributed by atoms with Crippen LogP contribution in [0.4, 0.5) is 0 Å². The van der Waals surface area contributed by atoms with Gasteiger partial charge in [-0.15, -0.1) is 0 Å². The second kappa shape index (κ2) is 7.24. The molecule has 1 aromatic carbocycles. The normalized spacial score (nSPS) is 24.1. The predicted octanol–water partition coefficient (Wildman–Crippen LogP) is 3.60. The lowest BCUT2D eigenvalue weighted by molar-refractivity contribution is 0.0609. The van der Waals surface area contributed by atoms with Crippen molar-refractivity contribution >= 4 is 0 Å². The zero-order valence-corrected chi connectivity index (χ0v) is 13.1. The maximum absolute atomic E-state index is 6.21. The average molecular weight is 274 g/mol. The molecule has 0 saturated carbocycles. The molecule has 112 valence electrons. The van der Waals surface area contributed by atoms with Gasteiger partial charge in [-0.05, 0) is 44.7 Å². The van der Waals surface area contributed by atoms with Gasteiger partial charge in [0.1, 0.15) is 0 Å². The van der Waals surface area contributed by atoms with E-state index in [0.29, 0.717) is 6.04 Å². The molecule has 2 unspecified atom stereocenters. The fourth-order valence-corrected chi connectivity index (χ4v) is 3.64. The molecule has 2 heteroatoms. The third kappa shape index (κ3) is 3.62. The van der Waals surface area contributed by atoms with Crippen LogP contribution in [0.25, 0.3) is 0 Å². The number of nitrogens with zero attached hydrogens (tertiary/aromatic N) is 1. The highest BCUT2D eigenvalue weighted by Crippen LogP contribution is 2.29. The van der Waals surface area contributed by atoms with Crippen molar-refractivity contribution in [2.45, 2.75) is 64.0 Å². The Morgan fingerprint density at radius 1 is 1.20 bits per heavy atom. The highest BCUT2D eigenvalue weighted by Gasteiger charge is 2.35. The van der Waals surface area contributed by atoms with Crippen LogP contribution >= 0.6 is 0 Å². The summed E-state index contributed by atoms with van der Waals surface area (Å²) in [7, 11) is 0. The van der Waals surface area contributed by atoms with E-state index in [2.05, 4.69) is 49.1 Å². The number of likely N-dealkylation sites (tertiary alicyclic amines) is 1. The fraction of sp³-hybridized carbons (Fsp3) is 0.667. The maximum atomic E-state index is 6.21. The van der Waals surface area contributed by atoms with Crippen LogP contribution in [-0.2, 0) is 6.42 Å². The molecule has 0 bridgehead atoms. The van der Waals surface area contributed by atoms with Gasteiger partial charge in [-0.1, -0.05) is 50.1 Å². The van der Waals surface area contributed by atoms with E-state index in [4.69, 9.17) is 5.73 Å². The molecule has 0 aliphatic carbocycles. The Balaban J connectivity index is 2.18. The first kappa shape index (κ1) is 15.5.